The van der Waals surface area contributed by atoms with Gasteiger partial charge in [-0.2, -0.15) is 0 Å². The molecule has 0 radical (unpaired) electrons. The van der Waals surface area contributed by atoms with Crippen LogP contribution >= 0.6 is 0 Å². The van der Waals surface area contributed by atoms with E-state index in [0.29, 0.717) is 12.5 Å². The van der Waals surface area contributed by atoms with Crippen molar-refractivity contribution in [3.8, 4) is 0 Å². The van der Waals surface area contributed by atoms with E-state index in [1.807, 2.05) is 18.2 Å². The lowest BCUT2D eigenvalue weighted by Crippen LogP contribution is -2.45. The van der Waals surface area contributed by atoms with E-state index in [1.165, 1.54) is 12.8 Å². The number of carbonyl (C=O) groups excluding carboxylic acids is 1. The largest absolute Gasteiger partial charge is 0.471 e. The van der Waals surface area contributed by atoms with Gasteiger partial charge >= 0.3 is 0 Å². The number of carbonyl (C=O) groups is 1. The molecule has 4 nitrogen and oxygen atoms in total. The van der Waals surface area contributed by atoms with Gasteiger partial charge in [0.1, 0.15) is 0 Å². The second kappa shape index (κ2) is 9.75. The SMILES string of the molecule is CCCC=C(CC)CN1CCC(NC(=O)Cc2cccc3cocc23)CC1. The number of amides is 1. The first-order chi connectivity index (χ1) is 13.2. The highest BCUT2D eigenvalue weighted by molar-refractivity contribution is 5.89. The zero-order valence-electron chi connectivity index (χ0n) is 16.7. The second-order valence-electron chi connectivity index (χ2n) is 7.59. The zero-order valence-corrected chi connectivity index (χ0v) is 16.7. The molecule has 2 aromatic rings. The molecule has 1 aliphatic heterocycles. The van der Waals surface area contributed by atoms with E-state index >= 15 is 0 Å². The van der Waals surface area contributed by atoms with Gasteiger partial charge in [0.15, 0.2) is 0 Å². The number of nitrogens with zero attached hydrogens (tertiary/aromatic N) is 1. The molecule has 1 aromatic heterocycles. The zero-order chi connectivity index (χ0) is 19.1. The summed E-state index contributed by atoms with van der Waals surface area (Å²) in [5.74, 6) is 0.110. The minimum atomic E-state index is 0.110. The number of furan rings is 1. The summed E-state index contributed by atoms with van der Waals surface area (Å²) in [6.45, 7) is 7.68. The summed E-state index contributed by atoms with van der Waals surface area (Å²) < 4.78 is 5.27. The van der Waals surface area contributed by atoms with Crippen LogP contribution < -0.4 is 5.32 Å². The van der Waals surface area contributed by atoms with Crippen molar-refractivity contribution in [1.29, 1.82) is 0 Å². The molecule has 1 fully saturated rings. The first kappa shape index (κ1) is 19.7. The number of fused-ring (bicyclic) bond motifs is 1. The molecule has 3 rings (SSSR count). The van der Waals surface area contributed by atoms with E-state index in [-0.39, 0.29) is 5.91 Å². The van der Waals surface area contributed by atoms with Gasteiger partial charge in [-0.1, -0.05) is 50.1 Å². The van der Waals surface area contributed by atoms with Crippen molar-refractivity contribution < 1.29 is 9.21 Å². The first-order valence-corrected chi connectivity index (χ1v) is 10.3. The summed E-state index contributed by atoms with van der Waals surface area (Å²) in [7, 11) is 0. The molecule has 0 spiro atoms. The van der Waals surface area contributed by atoms with Crippen LogP contribution in [0.25, 0.3) is 10.8 Å². The Morgan fingerprint density at radius 2 is 2.07 bits per heavy atom. The van der Waals surface area contributed by atoms with Gasteiger partial charge in [0, 0.05) is 36.4 Å². The van der Waals surface area contributed by atoms with Crippen LogP contribution in [0.15, 0.2) is 46.8 Å². The Bertz CT molecular complexity index is 770. The summed E-state index contributed by atoms with van der Waals surface area (Å²) in [4.78, 5) is 15.0. The first-order valence-electron chi connectivity index (χ1n) is 10.3. The van der Waals surface area contributed by atoms with Gasteiger partial charge < -0.3 is 9.73 Å². The number of piperidine rings is 1. The van der Waals surface area contributed by atoms with E-state index in [9.17, 15) is 4.79 Å². The highest BCUT2D eigenvalue weighted by Gasteiger charge is 2.21. The number of allylic oxidation sites excluding steroid dienone is 1. The van der Waals surface area contributed by atoms with E-state index < -0.39 is 0 Å². The summed E-state index contributed by atoms with van der Waals surface area (Å²) in [6, 6.07) is 6.29. The van der Waals surface area contributed by atoms with Gasteiger partial charge in [-0.05, 0) is 31.2 Å². The van der Waals surface area contributed by atoms with Crippen LogP contribution in [0.2, 0.25) is 0 Å². The topological polar surface area (TPSA) is 45.5 Å². The minimum absolute atomic E-state index is 0.110. The highest BCUT2D eigenvalue weighted by Crippen LogP contribution is 2.20. The van der Waals surface area contributed by atoms with Crippen LogP contribution in [0, 0.1) is 0 Å². The molecule has 0 saturated carbocycles. The lowest BCUT2D eigenvalue weighted by Gasteiger charge is -2.33. The molecule has 2 heterocycles. The van der Waals surface area contributed by atoms with Crippen LogP contribution in [0.1, 0.15) is 51.5 Å². The predicted molar refractivity (Wildman–Crippen MR) is 111 cm³/mol. The highest BCUT2D eigenvalue weighted by atomic mass is 16.3. The summed E-state index contributed by atoms with van der Waals surface area (Å²) >= 11 is 0. The number of likely N-dealkylation sites (tertiary alicyclic amines) is 1. The van der Waals surface area contributed by atoms with Gasteiger partial charge in [0.05, 0.1) is 18.9 Å². The molecule has 0 atom stereocenters. The summed E-state index contributed by atoms with van der Waals surface area (Å²) in [6.07, 6.45) is 11.9. The fourth-order valence-electron chi connectivity index (χ4n) is 3.85. The molecule has 1 amide bonds. The molecule has 0 unspecified atom stereocenters. The number of nitrogens with one attached hydrogen (secondary N) is 1. The lowest BCUT2D eigenvalue weighted by molar-refractivity contribution is -0.121. The average molecular weight is 369 g/mol. The van der Waals surface area contributed by atoms with Crippen molar-refractivity contribution in [2.75, 3.05) is 19.6 Å². The Morgan fingerprint density at radius 1 is 1.26 bits per heavy atom. The number of unbranched alkanes of at least 4 members (excludes halogenated alkanes) is 1. The fourth-order valence-corrected chi connectivity index (χ4v) is 3.85. The van der Waals surface area contributed by atoms with Crippen LogP contribution in [0.5, 0.6) is 0 Å². The number of hydrogen-bond donors (Lipinski definition) is 1. The third-order valence-electron chi connectivity index (χ3n) is 5.52. The van der Waals surface area contributed by atoms with Crippen molar-refractivity contribution in [3.63, 3.8) is 0 Å². The standard InChI is InChI=1S/C23H32N2O2/c1-3-5-7-18(4-2)15-25-12-10-21(11-13-25)24-23(26)14-19-8-6-9-20-16-27-17-22(19)20/h6-9,16-17,21H,3-5,10-15H2,1-2H3,(H,24,26). The molecule has 1 saturated heterocycles. The molecule has 27 heavy (non-hydrogen) atoms. The van der Waals surface area contributed by atoms with Crippen molar-refractivity contribution >= 4 is 16.7 Å². The van der Waals surface area contributed by atoms with Gasteiger partial charge in [-0.25, -0.2) is 0 Å². The van der Waals surface area contributed by atoms with Crippen molar-refractivity contribution in [1.82, 2.24) is 10.2 Å². The van der Waals surface area contributed by atoms with Gasteiger partial charge in [0.25, 0.3) is 0 Å². The van der Waals surface area contributed by atoms with E-state index in [4.69, 9.17) is 4.42 Å². The van der Waals surface area contributed by atoms with Gasteiger partial charge in [-0.3, -0.25) is 9.69 Å². The maximum Gasteiger partial charge on any atom is 0.224 e. The smallest absolute Gasteiger partial charge is 0.224 e. The Hall–Kier alpha value is -2.07. The van der Waals surface area contributed by atoms with E-state index in [0.717, 1.165) is 55.2 Å². The molecule has 1 N–H and O–H groups in total. The van der Waals surface area contributed by atoms with Gasteiger partial charge in [0.2, 0.25) is 5.91 Å². The molecule has 1 aromatic carbocycles. The third-order valence-corrected chi connectivity index (χ3v) is 5.52. The molecule has 4 heteroatoms. The Morgan fingerprint density at radius 3 is 2.81 bits per heavy atom. The van der Waals surface area contributed by atoms with Crippen molar-refractivity contribution in [2.24, 2.45) is 0 Å². The van der Waals surface area contributed by atoms with Crippen LogP contribution in [-0.2, 0) is 11.2 Å². The normalized spacial score (nSPS) is 16.7. The lowest BCUT2D eigenvalue weighted by atomic mass is 10.0. The Balaban J connectivity index is 1.46. The quantitative estimate of drug-likeness (QED) is 0.688. The monoisotopic (exact) mass is 368 g/mol. The molecule has 0 bridgehead atoms. The summed E-state index contributed by atoms with van der Waals surface area (Å²) in [5.41, 5.74) is 2.58. The Labute approximate surface area is 162 Å². The molecule has 1 aliphatic rings. The van der Waals surface area contributed by atoms with E-state index in [1.54, 1.807) is 18.1 Å². The second-order valence-corrected chi connectivity index (χ2v) is 7.59. The maximum atomic E-state index is 12.5. The van der Waals surface area contributed by atoms with Crippen molar-refractivity contribution in [3.05, 3.63) is 47.9 Å². The number of hydrogen-bond acceptors (Lipinski definition) is 3. The predicted octanol–water partition coefficient (Wildman–Crippen LogP) is 4.69. The maximum absolute atomic E-state index is 12.5. The minimum Gasteiger partial charge on any atom is -0.471 e. The third kappa shape index (κ3) is 5.46. The van der Waals surface area contributed by atoms with Crippen LogP contribution in [0.3, 0.4) is 0 Å². The van der Waals surface area contributed by atoms with Gasteiger partial charge in [-0.15, -0.1) is 0 Å². The van der Waals surface area contributed by atoms with E-state index in [2.05, 4.69) is 30.1 Å². The molecule has 0 aliphatic carbocycles. The van der Waals surface area contributed by atoms with Crippen molar-refractivity contribution in [2.45, 2.75) is 58.4 Å². The van der Waals surface area contributed by atoms with Crippen LogP contribution in [0.4, 0.5) is 0 Å². The fraction of sp³-hybridized carbons (Fsp3) is 0.522. The number of benzene rings is 1. The molecular weight excluding hydrogens is 336 g/mol. The summed E-state index contributed by atoms with van der Waals surface area (Å²) in [5, 5.41) is 5.32. The molecule has 146 valence electrons. The molecular formula is C23H32N2O2. The number of rotatable bonds is 8. The average Bonchev–Trinajstić information content (AvgIpc) is 3.16. The Kier molecular flexibility index (Phi) is 7.11. The van der Waals surface area contributed by atoms with Crippen LogP contribution in [-0.4, -0.2) is 36.5 Å².